The number of hydrogen-bond donors (Lipinski definition) is 1. The van der Waals surface area contributed by atoms with Gasteiger partial charge in [0.2, 0.25) is 0 Å². The Bertz CT molecular complexity index is 1970. The number of para-hydroxylation sites is 1. The summed E-state index contributed by atoms with van der Waals surface area (Å²) in [5, 5.41) is 22.6. The van der Waals surface area contributed by atoms with E-state index >= 15 is 4.39 Å². The number of benzene rings is 3. The highest BCUT2D eigenvalue weighted by Crippen LogP contribution is 2.40. The third kappa shape index (κ3) is 8.97. The van der Waals surface area contributed by atoms with Crippen LogP contribution in [-0.4, -0.2) is 61.0 Å². The number of aromatic carboxylic acids is 1. The van der Waals surface area contributed by atoms with Crippen LogP contribution in [0.25, 0.3) is 0 Å². The molecule has 3 aliphatic rings. The predicted octanol–water partition coefficient (Wildman–Crippen LogP) is 8.47. The van der Waals surface area contributed by atoms with Crippen molar-refractivity contribution < 1.29 is 46.8 Å². The Labute approximate surface area is 320 Å². The van der Waals surface area contributed by atoms with Gasteiger partial charge in [-0.1, -0.05) is 60.5 Å². The van der Waals surface area contributed by atoms with Crippen molar-refractivity contribution in [1.82, 2.24) is 4.90 Å². The van der Waals surface area contributed by atoms with Crippen molar-refractivity contribution in [2.24, 2.45) is 5.92 Å². The lowest BCUT2D eigenvalue weighted by Crippen LogP contribution is -2.53. The molecule has 0 unspecified atom stereocenters. The molecule has 15 heteroatoms. The molecule has 0 spiro atoms. The van der Waals surface area contributed by atoms with Crippen LogP contribution in [-0.2, 0) is 17.7 Å². The number of amides is 1. The molecule has 0 saturated carbocycles. The zero-order chi connectivity index (χ0) is 38.5. The number of aromatic nitrogens is 1. The van der Waals surface area contributed by atoms with Crippen molar-refractivity contribution in [3.05, 3.63) is 122 Å². The van der Waals surface area contributed by atoms with E-state index in [0.717, 1.165) is 38.3 Å². The molecule has 2 atom stereocenters. The summed E-state index contributed by atoms with van der Waals surface area (Å²) in [5.74, 6) is -2.86. The van der Waals surface area contributed by atoms with Gasteiger partial charge < -0.3 is 24.5 Å². The Hall–Kier alpha value is -4.72. The van der Waals surface area contributed by atoms with Crippen LogP contribution < -0.4 is 19.1 Å². The lowest BCUT2D eigenvalue weighted by Gasteiger charge is -2.44. The number of carbonyl (C=O) groups is 2. The fraction of sp³-hybridized carbons (Fsp3) is 0.359. The molecule has 54 heavy (non-hydrogen) atoms. The number of nitrogens with zero attached hydrogens (tertiary/aromatic N) is 3. The molecular formula is C39H38Cl2F3N3O7. The van der Waals surface area contributed by atoms with Crippen LogP contribution in [0, 0.1) is 16.9 Å². The lowest BCUT2D eigenvalue weighted by molar-refractivity contribution is -0.605. The number of carbonyl (C=O) groups excluding carboxylic acids is 1. The van der Waals surface area contributed by atoms with Gasteiger partial charge in [-0.15, -0.1) is 0 Å². The number of rotatable bonds is 14. The number of hydrogen-bond acceptors (Lipinski definition) is 7. The van der Waals surface area contributed by atoms with Gasteiger partial charge in [0, 0.05) is 18.0 Å². The van der Waals surface area contributed by atoms with Gasteiger partial charge in [-0.25, -0.2) is 14.0 Å². The molecule has 3 saturated heterocycles. The number of pyridine rings is 1. The van der Waals surface area contributed by atoms with E-state index in [4.69, 9.17) is 37.4 Å². The maximum atomic E-state index is 15.4. The minimum atomic E-state index is -3.14. The summed E-state index contributed by atoms with van der Waals surface area (Å²) in [7, 11) is 0. The second-order valence-electron chi connectivity index (χ2n) is 13.3. The molecule has 0 aliphatic carbocycles. The number of piperidine rings is 3. The van der Waals surface area contributed by atoms with E-state index in [0.29, 0.717) is 34.4 Å². The molecule has 1 amide bonds. The smallest absolute Gasteiger partial charge is 0.415 e. The minimum Gasteiger partial charge on any atom is -0.619 e. The third-order valence-corrected chi connectivity index (χ3v) is 10.4. The summed E-state index contributed by atoms with van der Waals surface area (Å²) < 4.78 is 59.0. The summed E-state index contributed by atoms with van der Waals surface area (Å²) in [5.41, 5.74) is 1.25. The summed E-state index contributed by atoms with van der Waals surface area (Å²) in [6, 6.07) is 14.6. The predicted molar refractivity (Wildman–Crippen MR) is 195 cm³/mol. The monoisotopic (exact) mass is 787 g/mol. The number of carboxylic acids is 1. The number of halogens is 5. The number of fused-ring (bicyclic) bond motifs is 3. The van der Waals surface area contributed by atoms with Crippen molar-refractivity contribution in [3.63, 3.8) is 0 Å². The molecule has 3 fully saturated rings. The molecule has 0 radical (unpaired) electrons. The molecule has 10 nitrogen and oxygen atoms in total. The van der Waals surface area contributed by atoms with Gasteiger partial charge in [-0.05, 0) is 91.7 Å². The van der Waals surface area contributed by atoms with Gasteiger partial charge in [-0.2, -0.15) is 13.5 Å². The lowest BCUT2D eigenvalue weighted by atomic mass is 9.82. The Balaban J connectivity index is 1.44. The highest BCUT2D eigenvalue weighted by molar-refractivity contribution is 6.35. The van der Waals surface area contributed by atoms with E-state index in [-0.39, 0.29) is 70.0 Å². The molecule has 3 aromatic carbocycles. The van der Waals surface area contributed by atoms with Gasteiger partial charge in [0.25, 0.3) is 0 Å². The number of ether oxygens (including phenoxy) is 3. The van der Waals surface area contributed by atoms with Crippen LogP contribution in [0.5, 0.6) is 11.5 Å². The summed E-state index contributed by atoms with van der Waals surface area (Å²) in [6.07, 6.45) is 3.39. The third-order valence-electron chi connectivity index (χ3n) is 9.79. The van der Waals surface area contributed by atoms with Crippen LogP contribution in [0.3, 0.4) is 0 Å². The Morgan fingerprint density at radius 3 is 2.39 bits per heavy atom. The summed E-state index contributed by atoms with van der Waals surface area (Å²) in [4.78, 5) is 30.1. The normalized spacial score (nSPS) is 18.3. The van der Waals surface area contributed by atoms with Crippen LogP contribution in [0.1, 0.15) is 64.7 Å². The van der Waals surface area contributed by atoms with Crippen LogP contribution >= 0.6 is 23.2 Å². The van der Waals surface area contributed by atoms with Gasteiger partial charge in [0.1, 0.15) is 22.0 Å². The molecule has 1 N–H and O–H groups in total. The van der Waals surface area contributed by atoms with E-state index in [9.17, 15) is 28.7 Å². The second kappa shape index (κ2) is 17.2. The highest BCUT2D eigenvalue weighted by Gasteiger charge is 2.38. The number of alkyl halides is 2. The van der Waals surface area contributed by atoms with Crippen molar-refractivity contribution in [1.29, 1.82) is 0 Å². The topological polar surface area (TPSA) is 115 Å². The minimum absolute atomic E-state index is 0.00319. The van der Waals surface area contributed by atoms with E-state index < -0.39 is 30.4 Å². The second-order valence-corrected chi connectivity index (χ2v) is 14.1. The number of carboxylic acid groups (broad SMARTS) is 1. The van der Waals surface area contributed by atoms with Gasteiger partial charge in [-0.3, -0.25) is 9.80 Å². The summed E-state index contributed by atoms with van der Waals surface area (Å²) >= 11 is 13.0. The van der Waals surface area contributed by atoms with E-state index in [1.54, 1.807) is 12.1 Å². The van der Waals surface area contributed by atoms with Crippen molar-refractivity contribution >= 4 is 41.0 Å². The molecule has 4 heterocycles. The fourth-order valence-electron chi connectivity index (χ4n) is 7.13. The van der Waals surface area contributed by atoms with Crippen LogP contribution in [0.15, 0.2) is 73.1 Å². The Morgan fingerprint density at radius 2 is 1.76 bits per heavy atom. The van der Waals surface area contributed by atoms with Crippen LogP contribution in [0.4, 0.5) is 23.7 Å². The molecule has 7 rings (SSSR count). The summed E-state index contributed by atoms with van der Waals surface area (Å²) in [6.45, 7) is 1.12. The van der Waals surface area contributed by atoms with Crippen LogP contribution in [0.2, 0.25) is 10.0 Å². The molecule has 3 aliphatic heterocycles. The van der Waals surface area contributed by atoms with E-state index in [2.05, 4.69) is 4.90 Å². The van der Waals surface area contributed by atoms with Gasteiger partial charge in [0.05, 0.1) is 24.4 Å². The standard InChI is InChI=1S/C39H38Cl2F3N3O7/c1-2-15-52-35-17-25(8-10-34(35)53-38(43)44)27(18-29-30(40)20-46(51)21-31(29)41)28-16-23(7-9-26(28)37(48)49)19-47(33-6-4-3-5-32(33)42)39(50)54-36-22-45-13-11-24(36)12-14-45/h3-10,16-17,20-21,24,27,36,38H,2,11-15,18-19,22H2,1H3,(H,48,49)/t27-,36-/m0/s1. The maximum absolute atomic E-state index is 15.4. The SMILES string of the molecule is CCCOc1cc([C@H](Cc2c(Cl)c[n+]([O-])cc2Cl)c2cc(CN(C(=O)O[C@H]3CN4CCC3CC4)c3ccccc3F)ccc2C(=O)O)ccc1OC(F)F. The fourth-order valence-corrected chi connectivity index (χ4v) is 7.73. The first-order chi connectivity index (χ1) is 25.9. The maximum Gasteiger partial charge on any atom is 0.415 e. The highest BCUT2D eigenvalue weighted by atomic mass is 35.5. The quantitative estimate of drug-likeness (QED) is 0.100. The first-order valence-corrected chi connectivity index (χ1v) is 18.3. The van der Waals surface area contributed by atoms with E-state index in [1.807, 2.05) is 6.92 Å². The average Bonchev–Trinajstić information content (AvgIpc) is 3.14. The van der Waals surface area contributed by atoms with Crippen molar-refractivity contribution in [3.8, 4) is 11.5 Å². The van der Waals surface area contributed by atoms with Crippen molar-refractivity contribution in [2.75, 3.05) is 31.1 Å². The van der Waals surface area contributed by atoms with Gasteiger partial charge in [0.15, 0.2) is 23.9 Å². The molecule has 1 aromatic heterocycles. The molecule has 2 bridgehead atoms. The van der Waals surface area contributed by atoms with Crippen molar-refractivity contribution in [2.45, 2.75) is 57.8 Å². The Morgan fingerprint density at radius 1 is 1.04 bits per heavy atom. The average molecular weight is 789 g/mol. The molecule has 4 aromatic rings. The largest absolute Gasteiger partial charge is 0.619 e. The number of anilines is 1. The first-order valence-electron chi connectivity index (χ1n) is 17.5. The Kier molecular flexibility index (Phi) is 12.4. The molecule has 286 valence electrons. The zero-order valence-corrected chi connectivity index (χ0v) is 30.7. The van der Waals surface area contributed by atoms with E-state index in [1.165, 1.54) is 53.4 Å². The van der Waals surface area contributed by atoms with Gasteiger partial charge >= 0.3 is 18.7 Å². The zero-order valence-electron chi connectivity index (χ0n) is 29.2. The molecular weight excluding hydrogens is 750 g/mol. The first kappa shape index (κ1) is 39.0.